The van der Waals surface area contributed by atoms with Crippen molar-refractivity contribution in [1.82, 2.24) is 19.6 Å². The molecule has 0 radical (unpaired) electrons. The molecule has 1 aliphatic heterocycles. The van der Waals surface area contributed by atoms with Gasteiger partial charge in [-0.05, 0) is 76.5 Å². The van der Waals surface area contributed by atoms with Gasteiger partial charge in [-0.1, -0.05) is 20.3 Å². The Morgan fingerprint density at radius 2 is 1.52 bits per heavy atom. The van der Waals surface area contributed by atoms with Gasteiger partial charge < -0.3 is 30.7 Å². The number of carbonyl (C=O) groups excluding carboxylic acids is 4. The van der Waals surface area contributed by atoms with Crippen LogP contribution in [0.1, 0.15) is 105 Å². The van der Waals surface area contributed by atoms with Crippen LogP contribution >= 0.6 is 0 Å². The number of halogens is 3. The maximum absolute atomic E-state index is 13.4. The molecule has 15 heteroatoms. The molecule has 264 valence electrons. The monoisotopic (exact) mass is 678 g/mol. The van der Waals surface area contributed by atoms with E-state index in [9.17, 15) is 32.3 Å². The third-order valence-electron chi connectivity index (χ3n) is 8.37. The third-order valence-corrected chi connectivity index (χ3v) is 8.37. The minimum Gasteiger partial charge on any atom is -0.446 e. The molecule has 0 unspecified atom stereocenters. The number of primary amides is 1. The normalized spacial score (nSPS) is 18.4. The summed E-state index contributed by atoms with van der Waals surface area (Å²) in [6.45, 7) is 11.2. The van der Waals surface area contributed by atoms with Gasteiger partial charge in [0.05, 0.1) is 22.5 Å². The maximum Gasteiger partial charge on any atom is 0.435 e. The van der Waals surface area contributed by atoms with E-state index in [1.807, 2.05) is 34.6 Å². The van der Waals surface area contributed by atoms with E-state index in [0.717, 1.165) is 30.4 Å². The summed E-state index contributed by atoms with van der Waals surface area (Å²) in [7, 11) is 0. The zero-order valence-electron chi connectivity index (χ0n) is 28.1. The molecule has 2 heterocycles. The summed E-state index contributed by atoms with van der Waals surface area (Å²) in [5.74, 6) is -1.33. The number of hydrogen-bond donors (Lipinski definition) is 2. The number of nitrogen functional groups attached to an aromatic ring is 1. The van der Waals surface area contributed by atoms with Crippen molar-refractivity contribution in [2.24, 2.45) is 11.1 Å². The summed E-state index contributed by atoms with van der Waals surface area (Å²) in [4.78, 5) is 51.1. The highest BCUT2D eigenvalue weighted by atomic mass is 19.4. The van der Waals surface area contributed by atoms with E-state index in [0.29, 0.717) is 26.2 Å². The molecule has 2 fully saturated rings. The molecule has 2 aromatic rings. The molecule has 1 aromatic heterocycles. The van der Waals surface area contributed by atoms with Crippen molar-refractivity contribution >= 4 is 29.6 Å². The van der Waals surface area contributed by atoms with Crippen LogP contribution in [-0.2, 0) is 22.1 Å². The Morgan fingerprint density at radius 3 is 2.04 bits per heavy atom. The number of aromatic nitrogens is 2. The number of anilines is 1. The Hall–Kier alpha value is -4.30. The van der Waals surface area contributed by atoms with E-state index in [-0.39, 0.29) is 53.8 Å². The second-order valence-corrected chi connectivity index (χ2v) is 14.3. The molecule has 0 bridgehead atoms. The second kappa shape index (κ2) is 14.0. The summed E-state index contributed by atoms with van der Waals surface area (Å²) >= 11 is 0. The fraction of sp³-hybridized carbons (Fsp3) is 0.606. The average Bonchev–Trinajstić information content (AvgIpc) is 3.36. The first-order valence-electron chi connectivity index (χ1n) is 16.1. The van der Waals surface area contributed by atoms with E-state index in [1.165, 1.54) is 24.6 Å². The largest absolute Gasteiger partial charge is 0.446 e. The van der Waals surface area contributed by atoms with Crippen LogP contribution in [0.15, 0.2) is 18.2 Å². The molecule has 1 saturated carbocycles. The van der Waals surface area contributed by atoms with Crippen LogP contribution < -0.4 is 11.5 Å². The van der Waals surface area contributed by atoms with E-state index >= 15 is 0 Å². The van der Waals surface area contributed by atoms with Crippen LogP contribution in [0.25, 0.3) is 5.69 Å². The predicted octanol–water partition coefficient (Wildman–Crippen LogP) is 5.74. The van der Waals surface area contributed by atoms with Crippen LogP contribution in [0.5, 0.6) is 0 Å². The minimum atomic E-state index is -4.76. The lowest BCUT2D eigenvalue weighted by Crippen LogP contribution is -2.52. The maximum atomic E-state index is 13.4. The zero-order chi connectivity index (χ0) is 35.6. The zero-order valence-corrected chi connectivity index (χ0v) is 28.1. The number of fused-ring (bicyclic) bond motifs is 1. The molecule has 4 N–H and O–H groups in total. The summed E-state index contributed by atoms with van der Waals surface area (Å²) in [5.41, 5.74) is 8.88. The van der Waals surface area contributed by atoms with Gasteiger partial charge in [0.25, 0.3) is 5.91 Å². The predicted molar refractivity (Wildman–Crippen MR) is 171 cm³/mol. The number of benzene rings is 1. The van der Waals surface area contributed by atoms with Gasteiger partial charge in [-0.25, -0.2) is 14.3 Å². The Morgan fingerprint density at radius 1 is 0.938 bits per heavy atom. The van der Waals surface area contributed by atoms with Crippen molar-refractivity contribution < 1.29 is 41.8 Å². The lowest BCUT2D eigenvalue weighted by molar-refractivity contribution is -0.141. The number of ether oxygens (including phenoxy) is 2. The SMILES string of the molecule is CC(C)(C)OC(=O)N1CCN(C(=O)OC2CCCCC2)CC1.CC1(C)CC(=O)c2c(C(F)(F)F)nn(-c3ccc(C(N)=O)c(N)c3)c2C1. The molecular weight excluding hydrogens is 633 g/mol. The molecule has 3 amide bonds. The van der Waals surface area contributed by atoms with Crippen LogP contribution in [-0.4, -0.2) is 81.3 Å². The van der Waals surface area contributed by atoms with Crippen LogP contribution in [0.4, 0.5) is 28.4 Å². The molecule has 5 rings (SSSR count). The van der Waals surface area contributed by atoms with Gasteiger partial charge in [0.1, 0.15) is 11.7 Å². The highest BCUT2D eigenvalue weighted by molar-refractivity contribution is 6.00. The lowest BCUT2D eigenvalue weighted by Gasteiger charge is -2.36. The number of ketones is 1. The molecule has 0 atom stereocenters. The Balaban J connectivity index is 0.000000220. The first-order chi connectivity index (χ1) is 22.3. The van der Waals surface area contributed by atoms with Crippen LogP contribution in [0.3, 0.4) is 0 Å². The second-order valence-electron chi connectivity index (χ2n) is 14.3. The molecule has 12 nitrogen and oxygen atoms in total. The number of carbonyl (C=O) groups is 4. The van der Waals surface area contributed by atoms with Crippen LogP contribution in [0, 0.1) is 5.41 Å². The fourth-order valence-corrected chi connectivity index (χ4v) is 6.06. The number of piperazine rings is 1. The molecule has 48 heavy (non-hydrogen) atoms. The first-order valence-corrected chi connectivity index (χ1v) is 16.1. The number of alkyl halides is 3. The van der Waals surface area contributed by atoms with Crippen molar-refractivity contribution in [3.63, 3.8) is 0 Å². The van der Waals surface area contributed by atoms with Gasteiger partial charge in [0.15, 0.2) is 11.5 Å². The Labute approximate surface area is 277 Å². The number of amides is 3. The van der Waals surface area contributed by atoms with Crippen molar-refractivity contribution in [2.75, 3.05) is 31.9 Å². The standard InChI is InChI=1S/C17H17F3N4O2.C16H28N2O4/c1-16(2)6-11-13(12(25)7-16)14(17(18,19)20)23-24(11)8-3-4-9(15(22)26)10(21)5-8;1-16(2,3)22-15(20)18-11-9-17(10-12-18)14(19)21-13-7-5-4-6-8-13/h3-5H,6-7,21H2,1-2H3,(H2,22,26);13H,4-12H2,1-3H3. The average molecular weight is 679 g/mol. The minimum absolute atomic E-state index is 0.0114. The van der Waals surface area contributed by atoms with Gasteiger partial charge in [-0.3, -0.25) is 9.59 Å². The molecule has 2 aliphatic carbocycles. The van der Waals surface area contributed by atoms with Gasteiger partial charge in [-0.15, -0.1) is 0 Å². The number of rotatable bonds is 3. The summed E-state index contributed by atoms with van der Waals surface area (Å²) in [5, 5.41) is 3.66. The Bertz CT molecular complexity index is 1530. The van der Waals surface area contributed by atoms with E-state index in [2.05, 4.69) is 5.10 Å². The van der Waals surface area contributed by atoms with Crippen molar-refractivity contribution in [1.29, 1.82) is 0 Å². The first kappa shape index (κ1) is 36.5. The summed E-state index contributed by atoms with van der Waals surface area (Å²) < 4.78 is 52.2. The van der Waals surface area contributed by atoms with Gasteiger partial charge in [-0.2, -0.15) is 18.3 Å². The van der Waals surface area contributed by atoms with Crippen molar-refractivity contribution in [2.45, 2.75) is 97.4 Å². The smallest absolute Gasteiger partial charge is 0.435 e. The van der Waals surface area contributed by atoms with E-state index in [4.69, 9.17) is 20.9 Å². The summed E-state index contributed by atoms with van der Waals surface area (Å²) in [6.07, 6.45) is 0.496. The lowest BCUT2D eigenvalue weighted by atomic mass is 9.75. The number of nitrogens with zero attached hydrogens (tertiary/aromatic N) is 4. The quantitative estimate of drug-likeness (QED) is 0.389. The van der Waals surface area contributed by atoms with Gasteiger partial charge in [0, 0.05) is 38.3 Å². The number of hydrogen-bond acceptors (Lipinski definition) is 8. The van der Waals surface area contributed by atoms with Crippen molar-refractivity contribution in [3.8, 4) is 5.69 Å². The highest BCUT2D eigenvalue weighted by Gasteiger charge is 2.45. The molecule has 1 saturated heterocycles. The van der Waals surface area contributed by atoms with Crippen LogP contribution in [0.2, 0.25) is 0 Å². The highest BCUT2D eigenvalue weighted by Crippen LogP contribution is 2.42. The van der Waals surface area contributed by atoms with Gasteiger partial charge in [0.2, 0.25) is 0 Å². The van der Waals surface area contributed by atoms with Gasteiger partial charge >= 0.3 is 18.4 Å². The number of Topliss-reactive ketones (excluding diaryl/α,β-unsaturated/α-hetero) is 1. The number of nitrogens with two attached hydrogens (primary N) is 2. The van der Waals surface area contributed by atoms with E-state index < -0.39 is 40.1 Å². The molecule has 1 aromatic carbocycles. The molecule has 3 aliphatic rings. The Kier molecular flexibility index (Phi) is 10.7. The summed E-state index contributed by atoms with van der Waals surface area (Å²) in [6, 6.07) is 4.04. The van der Waals surface area contributed by atoms with Crippen molar-refractivity contribution in [3.05, 3.63) is 40.7 Å². The molecular formula is C33H45F3N6O6. The third kappa shape index (κ3) is 8.98. The molecule has 0 spiro atoms. The fourth-order valence-electron chi connectivity index (χ4n) is 6.06. The van der Waals surface area contributed by atoms with E-state index in [1.54, 1.807) is 9.80 Å². The topological polar surface area (TPSA) is 163 Å².